The molecule has 1 aliphatic heterocycles. The minimum absolute atomic E-state index is 0.0348. The standard InChI is InChI=1S/C27H28NO3P/c1-32(2,3)24(21-13-7-4-8-14-21)19-25(29)28-20-27(31-26(28)30,22-15-9-5-10-16-22)23-17-11-6-12-18-23/h4-19,24H,20H2,1-3H3/b25-19-. The van der Waals surface area contributed by atoms with Crippen molar-refractivity contribution in [3.05, 3.63) is 120 Å². The smallest absolute Gasteiger partial charge is 0.414 e. The van der Waals surface area contributed by atoms with E-state index in [1.165, 1.54) is 4.90 Å². The number of carbonyl (C=O) groups excluding carboxylic acids is 1. The second-order valence-corrected chi connectivity index (χ2v) is 13.8. The Morgan fingerprint density at radius 1 is 0.906 bits per heavy atom. The molecule has 3 aromatic rings. The van der Waals surface area contributed by atoms with Gasteiger partial charge in [-0.05, 0) is 17.5 Å². The summed E-state index contributed by atoms with van der Waals surface area (Å²) in [4.78, 5) is 14.3. The monoisotopic (exact) mass is 445 g/mol. The molecule has 1 aliphatic rings. The van der Waals surface area contributed by atoms with Crippen molar-refractivity contribution in [2.45, 2.75) is 11.3 Å². The Morgan fingerprint density at radius 3 is 1.84 bits per heavy atom. The average Bonchev–Trinajstić information content (AvgIpc) is 3.17. The zero-order valence-corrected chi connectivity index (χ0v) is 19.5. The van der Waals surface area contributed by atoms with Gasteiger partial charge in [0.25, 0.3) is 0 Å². The van der Waals surface area contributed by atoms with Crippen molar-refractivity contribution < 1.29 is 14.6 Å². The Kier molecular flexibility index (Phi) is 6.08. The van der Waals surface area contributed by atoms with Gasteiger partial charge in [-0.15, -0.1) is 0 Å². The van der Waals surface area contributed by atoms with Gasteiger partial charge >= 0.3 is 6.09 Å². The van der Waals surface area contributed by atoms with Gasteiger partial charge in [0.1, 0.15) is 5.66 Å². The summed E-state index contributed by atoms with van der Waals surface area (Å²) in [7, 11) is -1.47. The van der Waals surface area contributed by atoms with Crippen LogP contribution in [0.15, 0.2) is 103 Å². The van der Waals surface area contributed by atoms with Crippen LogP contribution in [0.1, 0.15) is 22.3 Å². The number of carbonyl (C=O) groups is 1. The molecule has 1 unspecified atom stereocenters. The first-order valence-electron chi connectivity index (χ1n) is 10.7. The van der Waals surface area contributed by atoms with Gasteiger partial charge in [-0.25, -0.2) is 4.79 Å². The van der Waals surface area contributed by atoms with Crippen molar-refractivity contribution >= 4 is 13.4 Å². The van der Waals surface area contributed by atoms with Gasteiger partial charge in [-0.3, -0.25) is 4.90 Å². The fraction of sp³-hybridized carbons (Fsp3) is 0.222. The molecule has 4 nitrogen and oxygen atoms in total. The molecule has 5 heteroatoms. The van der Waals surface area contributed by atoms with Crippen molar-refractivity contribution in [3.63, 3.8) is 0 Å². The number of amides is 1. The molecule has 4 rings (SSSR count). The highest BCUT2D eigenvalue weighted by Gasteiger charge is 2.48. The van der Waals surface area contributed by atoms with Crippen LogP contribution >= 0.6 is 7.26 Å². The van der Waals surface area contributed by atoms with Gasteiger partial charge in [-0.1, -0.05) is 91.0 Å². The summed E-state index contributed by atoms with van der Waals surface area (Å²) < 4.78 is 5.98. The third-order valence-electron chi connectivity index (χ3n) is 5.88. The number of nitrogens with zero attached hydrogens (tertiary/aromatic N) is 1. The first kappa shape index (κ1) is 22.1. The molecular weight excluding hydrogens is 417 g/mol. The van der Waals surface area contributed by atoms with Gasteiger partial charge in [-0.2, -0.15) is 0 Å². The lowest BCUT2D eigenvalue weighted by molar-refractivity contribution is -0.327. The van der Waals surface area contributed by atoms with E-state index in [1.807, 2.05) is 91.0 Å². The molecule has 1 fully saturated rings. The quantitative estimate of drug-likeness (QED) is 0.386. The number of rotatable bonds is 6. The van der Waals surface area contributed by atoms with E-state index in [2.05, 4.69) is 20.0 Å². The number of hydrogen-bond acceptors (Lipinski definition) is 3. The summed E-state index contributed by atoms with van der Waals surface area (Å²) in [6.45, 7) is 6.75. The molecule has 0 saturated carbocycles. The third-order valence-corrected chi connectivity index (χ3v) is 8.00. The second kappa shape index (κ2) is 8.80. The molecule has 1 saturated heterocycles. The van der Waals surface area contributed by atoms with Crippen LogP contribution in [0.4, 0.5) is 4.79 Å². The third kappa shape index (κ3) is 4.28. The molecule has 0 bridgehead atoms. The maximum absolute atomic E-state index is 13.4. The van der Waals surface area contributed by atoms with Crippen LogP contribution in [0.3, 0.4) is 0 Å². The van der Waals surface area contributed by atoms with E-state index in [4.69, 9.17) is 4.74 Å². The topological polar surface area (TPSA) is 52.6 Å². The summed E-state index contributed by atoms with van der Waals surface area (Å²) in [6, 6.07) is 29.3. The Bertz CT molecular complexity index is 1050. The highest BCUT2D eigenvalue weighted by molar-refractivity contribution is 7.74. The normalized spacial score (nSPS) is 17.2. The number of ether oxygens (including phenoxy) is 1. The fourth-order valence-corrected chi connectivity index (χ4v) is 5.86. The number of cyclic esters (lactones) is 1. The molecule has 3 aromatic carbocycles. The molecule has 0 aromatic heterocycles. The van der Waals surface area contributed by atoms with Gasteiger partial charge in [0.05, 0.1) is 6.54 Å². The molecular formula is C27H28NO3P. The predicted molar refractivity (Wildman–Crippen MR) is 129 cm³/mol. The summed E-state index contributed by atoms with van der Waals surface area (Å²) in [6.07, 6.45) is 1.09. The summed E-state index contributed by atoms with van der Waals surface area (Å²) >= 11 is 0. The van der Waals surface area contributed by atoms with Crippen molar-refractivity contribution in [1.29, 1.82) is 0 Å². The van der Waals surface area contributed by atoms with Crippen LogP contribution in [0.2, 0.25) is 0 Å². The molecule has 32 heavy (non-hydrogen) atoms. The average molecular weight is 445 g/mol. The molecule has 1 amide bonds. The van der Waals surface area contributed by atoms with E-state index in [0.717, 1.165) is 16.7 Å². The first-order chi connectivity index (χ1) is 15.3. The SMILES string of the molecule is C[P+](C)(C)C(/C=C(\[O-])N1CC(c2ccccc2)(c2ccccc2)OC1=O)c1ccccc1. The predicted octanol–water partition coefficient (Wildman–Crippen LogP) is 5.23. The molecule has 1 atom stereocenters. The van der Waals surface area contributed by atoms with E-state index in [-0.39, 0.29) is 18.1 Å². The van der Waals surface area contributed by atoms with Crippen molar-refractivity contribution in [3.8, 4) is 0 Å². The van der Waals surface area contributed by atoms with Crippen LogP contribution in [-0.2, 0) is 10.3 Å². The molecule has 0 aliphatic carbocycles. The number of allylic oxidation sites excluding steroid dienone is 1. The molecule has 164 valence electrons. The van der Waals surface area contributed by atoms with E-state index < -0.39 is 19.0 Å². The lowest BCUT2D eigenvalue weighted by atomic mass is 9.86. The van der Waals surface area contributed by atoms with Gasteiger partial charge in [0.15, 0.2) is 5.60 Å². The second-order valence-electron chi connectivity index (χ2n) is 8.99. The lowest BCUT2D eigenvalue weighted by Crippen LogP contribution is -2.36. The minimum atomic E-state index is -1.47. The zero-order valence-electron chi connectivity index (χ0n) is 18.6. The van der Waals surface area contributed by atoms with E-state index >= 15 is 0 Å². The number of hydrogen-bond donors (Lipinski definition) is 0. The van der Waals surface area contributed by atoms with Crippen molar-refractivity contribution in [2.24, 2.45) is 0 Å². The Balaban J connectivity index is 1.74. The Labute approximate surface area is 190 Å². The van der Waals surface area contributed by atoms with Gasteiger partial charge < -0.3 is 9.84 Å². The lowest BCUT2D eigenvalue weighted by Gasteiger charge is -2.30. The molecule has 1 heterocycles. The van der Waals surface area contributed by atoms with Crippen LogP contribution in [0, 0.1) is 0 Å². The largest absolute Gasteiger partial charge is 0.860 e. The Hall–Kier alpha value is -3.10. The maximum atomic E-state index is 13.4. The van der Waals surface area contributed by atoms with E-state index in [1.54, 1.807) is 6.08 Å². The highest BCUT2D eigenvalue weighted by atomic mass is 31.2. The first-order valence-corrected chi connectivity index (χ1v) is 13.9. The molecule has 0 spiro atoms. The summed E-state index contributed by atoms with van der Waals surface area (Å²) in [5.74, 6) is -0.312. The van der Waals surface area contributed by atoms with Crippen molar-refractivity contribution in [1.82, 2.24) is 4.90 Å². The van der Waals surface area contributed by atoms with Crippen molar-refractivity contribution in [2.75, 3.05) is 26.5 Å². The molecule has 0 N–H and O–H groups in total. The van der Waals surface area contributed by atoms with Crippen LogP contribution in [-0.4, -0.2) is 37.5 Å². The van der Waals surface area contributed by atoms with Gasteiger partial charge in [0, 0.05) is 38.4 Å². The van der Waals surface area contributed by atoms with Crippen LogP contribution < -0.4 is 5.11 Å². The van der Waals surface area contributed by atoms with Gasteiger partial charge in [0.2, 0.25) is 0 Å². The number of benzene rings is 3. The van der Waals surface area contributed by atoms with E-state index in [9.17, 15) is 9.90 Å². The van der Waals surface area contributed by atoms with Crippen LogP contribution in [0.25, 0.3) is 0 Å². The fourth-order valence-electron chi connectivity index (χ4n) is 4.22. The van der Waals surface area contributed by atoms with E-state index in [0.29, 0.717) is 0 Å². The maximum Gasteiger partial charge on any atom is 0.414 e. The Morgan fingerprint density at radius 2 is 1.38 bits per heavy atom. The molecule has 0 radical (unpaired) electrons. The highest BCUT2D eigenvalue weighted by Crippen LogP contribution is 2.61. The summed E-state index contributed by atoms with van der Waals surface area (Å²) in [5.41, 5.74) is 1.72. The summed E-state index contributed by atoms with van der Waals surface area (Å²) in [5, 5.41) is 13.4. The minimum Gasteiger partial charge on any atom is -0.860 e. The zero-order chi connectivity index (χ0) is 22.8. The van der Waals surface area contributed by atoms with Crippen LogP contribution in [0.5, 0.6) is 0 Å².